The van der Waals surface area contributed by atoms with Crippen molar-refractivity contribution in [2.45, 2.75) is 50.4 Å². The molecule has 25 heavy (non-hydrogen) atoms. The van der Waals surface area contributed by atoms with Crippen LogP contribution in [0.3, 0.4) is 0 Å². The Labute approximate surface area is 154 Å². The van der Waals surface area contributed by atoms with Crippen molar-refractivity contribution in [3.63, 3.8) is 0 Å². The second-order valence-corrected chi connectivity index (χ2v) is 8.91. The Kier molecular flexibility index (Phi) is 6.54. The maximum atomic E-state index is 12.7. The van der Waals surface area contributed by atoms with E-state index in [2.05, 4.69) is 18.4 Å². The molecule has 3 nitrogen and oxygen atoms in total. The molecule has 1 unspecified atom stereocenters. The van der Waals surface area contributed by atoms with Gasteiger partial charge in [-0.25, -0.2) is 0 Å². The number of hydrogen-bond acceptors (Lipinski definition) is 2. The number of phenolic OH excluding ortho intramolecular Hbond substituents is 1. The summed E-state index contributed by atoms with van der Waals surface area (Å²) in [6.07, 6.45) is 2.20. The van der Waals surface area contributed by atoms with Crippen LogP contribution in [0.1, 0.15) is 43.6 Å². The second kappa shape index (κ2) is 8.43. The number of carbonyl (C=O) groups excluding carboxylic acids is 1. The molecule has 1 atom stereocenters. The number of hydrogen-bond donors (Lipinski definition) is 1. The summed E-state index contributed by atoms with van der Waals surface area (Å²) in [6.45, 7) is 8.19. The Morgan fingerprint density at radius 3 is 1.96 bits per heavy atom. The van der Waals surface area contributed by atoms with Crippen LogP contribution >= 0.6 is 0 Å². The molecule has 2 aromatic rings. The van der Waals surface area contributed by atoms with Crippen LogP contribution in [0, 0.1) is 0 Å². The molecule has 0 aliphatic carbocycles. The highest BCUT2D eigenvalue weighted by Gasteiger charge is 2.22. The molecule has 1 amide bonds. The van der Waals surface area contributed by atoms with E-state index >= 15 is 0 Å². The SMILES string of the molecule is CC(C)N(C(=O)c1ccc(C[S+](C)c2ccc(O)cc2)cc1)C(C)C. The van der Waals surface area contributed by atoms with Crippen LogP contribution in [-0.4, -0.2) is 34.3 Å². The maximum absolute atomic E-state index is 12.7. The molecule has 0 saturated heterocycles. The zero-order valence-corrected chi connectivity index (χ0v) is 16.5. The average molecular weight is 359 g/mol. The van der Waals surface area contributed by atoms with Crippen LogP contribution in [0.25, 0.3) is 0 Å². The molecule has 1 N–H and O–H groups in total. The predicted octanol–water partition coefficient (Wildman–Crippen LogP) is 4.46. The van der Waals surface area contributed by atoms with Gasteiger partial charge in [0.25, 0.3) is 5.91 Å². The molecule has 0 heterocycles. The molecule has 0 fully saturated rings. The second-order valence-electron chi connectivity index (χ2n) is 6.87. The first-order valence-corrected chi connectivity index (χ1v) is 10.4. The number of phenols is 1. The maximum Gasteiger partial charge on any atom is 0.254 e. The van der Waals surface area contributed by atoms with Crippen LogP contribution < -0.4 is 0 Å². The van der Waals surface area contributed by atoms with Crippen LogP contribution in [0.4, 0.5) is 0 Å². The van der Waals surface area contributed by atoms with Gasteiger partial charge in [-0.15, -0.1) is 0 Å². The quantitative estimate of drug-likeness (QED) is 0.775. The van der Waals surface area contributed by atoms with E-state index in [0.29, 0.717) is 5.75 Å². The Hall–Kier alpha value is -1.94. The number of benzene rings is 2. The lowest BCUT2D eigenvalue weighted by atomic mass is 10.1. The van der Waals surface area contributed by atoms with Gasteiger partial charge in [-0.05, 0) is 64.1 Å². The van der Waals surface area contributed by atoms with E-state index < -0.39 is 0 Å². The molecule has 0 radical (unpaired) electrons. The molecule has 0 bridgehead atoms. The molecular formula is C21H28NO2S+. The van der Waals surface area contributed by atoms with Crippen LogP contribution in [0.15, 0.2) is 53.4 Å². The number of aromatic hydroxyl groups is 1. The monoisotopic (exact) mass is 358 g/mol. The van der Waals surface area contributed by atoms with E-state index in [1.54, 1.807) is 12.1 Å². The molecule has 2 aromatic carbocycles. The fraction of sp³-hybridized carbons (Fsp3) is 0.381. The first-order valence-electron chi connectivity index (χ1n) is 8.62. The highest BCUT2D eigenvalue weighted by atomic mass is 32.2. The van der Waals surface area contributed by atoms with E-state index in [1.165, 1.54) is 10.5 Å². The zero-order valence-electron chi connectivity index (χ0n) is 15.7. The lowest BCUT2D eigenvalue weighted by Crippen LogP contribution is -2.42. The Bertz CT molecular complexity index is 685. The standard InChI is InChI=1S/C21H27NO2S/c1-15(2)22(16(3)4)21(24)18-8-6-17(7-9-18)14-25(5)20-12-10-19(23)11-13-20/h6-13,15-16H,14H2,1-5H3/p+1. The van der Waals surface area contributed by atoms with Crippen LogP contribution in [-0.2, 0) is 16.6 Å². The third-order valence-electron chi connectivity index (χ3n) is 4.17. The van der Waals surface area contributed by atoms with E-state index in [9.17, 15) is 9.90 Å². The van der Waals surface area contributed by atoms with E-state index in [0.717, 1.165) is 11.3 Å². The third-order valence-corrected chi connectivity index (χ3v) is 6.01. The highest BCUT2D eigenvalue weighted by molar-refractivity contribution is 7.95. The smallest absolute Gasteiger partial charge is 0.254 e. The van der Waals surface area contributed by atoms with Crippen LogP contribution in [0.2, 0.25) is 0 Å². The van der Waals surface area contributed by atoms with Gasteiger partial charge in [0.15, 0.2) is 4.90 Å². The Morgan fingerprint density at radius 2 is 1.48 bits per heavy atom. The third kappa shape index (κ3) is 5.02. The normalized spacial score (nSPS) is 12.4. The molecule has 134 valence electrons. The summed E-state index contributed by atoms with van der Waals surface area (Å²) in [4.78, 5) is 15.9. The Balaban J connectivity index is 2.09. The lowest BCUT2D eigenvalue weighted by molar-refractivity contribution is 0.0643. The van der Waals surface area contributed by atoms with E-state index in [4.69, 9.17) is 0 Å². The van der Waals surface area contributed by atoms with Gasteiger partial charge in [0.05, 0.1) is 0 Å². The van der Waals surface area contributed by atoms with Gasteiger partial charge in [-0.1, -0.05) is 12.1 Å². The van der Waals surface area contributed by atoms with Crippen molar-refractivity contribution < 1.29 is 9.90 Å². The van der Waals surface area contributed by atoms with Crippen molar-refractivity contribution in [1.29, 1.82) is 0 Å². The van der Waals surface area contributed by atoms with Gasteiger partial charge in [-0.2, -0.15) is 0 Å². The lowest BCUT2D eigenvalue weighted by Gasteiger charge is -2.30. The first-order chi connectivity index (χ1) is 11.8. The number of nitrogens with zero attached hydrogens (tertiary/aromatic N) is 1. The Morgan fingerprint density at radius 1 is 0.960 bits per heavy atom. The average Bonchev–Trinajstić information content (AvgIpc) is 2.55. The van der Waals surface area contributed by atoms with Crippen LogP contribution in [0.5, 0.6) is 5.75 Å². The molecule has 0 spiro atoms. The minimum Gasteiger partial charge on any atom is -0.508 e. The molecule has 0 aliphatic heterocycles. The first kappa shape index (κ1) is 19.4. The van der Waals surface area contributed by atoms with Crippen molar-refractivity contribution in [2.75, 3.05) is 6.26 Å². The minimum atomic E-state index is 0.0601. The molecule has 0 aromatic heterocycles. The number of carbonyl (C=O) groups is 1. The van der Waals surface area contributed by atoms with Gasteiger partial charge < -0.3 is 10.0 Å². The summed E-state index contributed by atoms with van der Waals surface area (Å²) in [5.41, 5.74) is 1.96. The summed E-state index contributed by atoms with van der Waals surface area (Å²) in [5, 5.41) is 9.40. The fourth-order valence-corrected chi connectivity index (χ4v) is 4.43. The number of amides is 1. The van der Waals surface area contributed by atoms with E-state index in [1.807, 2.05) is 56.9 Å². The van der Waals surface area contributed by atoms with Gasteiger partial charge in [0.2, 0.25) is 0 Å². The van der Waals surface area contributed by atoms with Gasteiger partial charge in [0.1, 0.15) is 17.8 Å². The van der Waals surface area contributed by atoms with Gasteiger partial charge in [0, 0.05) is 34.1 Å². The summed E-state index contributed by atoms with van der Waals surface area (Å²) < 4.78 is 0. The predicted molar refractivity (Wildman–Crippen MR) is 106 cm³/mol. The molecule has 2 rings (SSSR count). The summed E-state index contributed by atoms with van der Waals surface area (Å²) in [5.74, 6) is 1.31. The zero-order chi connectivity index (χ0) is 18.6. The fourth-order valence-electron chi connectivity index (χ4n) is 2.97. The van der Waals surface area contributed by atoms with Crippen molar-refractivity contribution in [3.8, 4) is 5.75 Å². The largest absolute Gasteiger partial charge is 0.508 e. The van der Waals surface area contributed by atoms with Crippen molar-refractivity contribution in [2.24, 2.45) is 0 Å². The summed E-state index contributed by atoms with van der Waals surface area (Å²) in [7, 11) is 0.0601. The van der Waals surface area contributed by atoms with Gasteiger partial charge in [-0.3, -0.25) is 4.79 Å². The molecule has 4 heteroatoms. The van der Waals surface area contributed by atoms with Crippen molar-refractivity contribution in [1.82, 2.24) is 4.90 Å². The summed E-state index contributed by atoms with van der Waals surface area (Å²) >= 11 is 0. The molecule has 0 saturated carbocycles. The minimum absolute atomic E-state index is 0.0601. The topological polar surface area (TPSA) is 40.5 Å². The van der Waals surface area contributed by atoms with Gasteiger partial charge >= 0.3 is 0 Å². The summed E-state index contributed by atoms with van der Waals surface area (Å²) in [6, 6.07) is 15.7. The highest BCUT2D eigenvalue weighted by Crippen LogP contribution is 2.20. The molecule has 0 aliphatic rings. The van der Waals surface area contributed by atoms with Crippen molar-refractivity contribution in [3.05, 3.63) is 59.7 Å². The van der Waals surface area contributed by atoms with Crippen molar-refractivity contribution >= 4 is 16.8 Å². The number of rotatable bonds is 6. The van der Waals surface area contributed by atoms with E-state index in [-0.39, 0.29) is 28.9 Å². The molecular weight excluding hydrogens is 330 g/mol.